The fraction of sp³-hybridized carbons (Fsp3) is 0.400. The number of hydrogen-bond acceptors (Lipinski definition) is 5. The second kappa shape index (κ2) is 9.48. The molecule has 2 aliphatic carbocycles. The van der Waals surface area contributed by atoms with Gasteiger partial charge in [0.15, 0.2) is 5.75 Å². The Morgan fingerprint density at radius 1 is 1.12 bits per heavy atom. The molecule has 2 aliphatic rings. The van der Waals surface area contributed by atoms with E-state index in [2.05, 4.69) is 24.9 Å². The van der Waals surface area contributed by atoms with Crippen molar-refractivity contribution in [1.29, 1.82) is 0 Å². The van der Waals surface area contributed by atoms with Gasteiger partial charge < -0.3 is 14.8 Å². The number of unbranched alkanes of at least 4 members (excludes halogenated alkanes) is 1. The summed E-state index contributed by atoms with van der Waals surface area (Å²) in [5.41, 5.74) is 4.29. The molecule has 5 nitrogen and oxygen atoms in total. The molecule has 0 radical (unpaired) electrons. The van der Waals surface area contributed by atoms with Crippen LogP contribution in [0.1, 0.15) is 44.7 Å². The molecule has 0 aromatic heterocycles. The first-order chi connectivity index (χ1) is 12.5. The molecule has 0 aliphatic heterocycles. The Labute approximate surface area is 159 Å². The first-order valence-electron chi connectivity index (χ1n) is 8.82. The van der Waals surface area contributed by atoms with Crippen molar-refractivity contribution in [3.05, 3.63) is 35.4 Å². The summed E-state index contributed by atoms with van der Waals surface area (Å²) < 4.78 is 10.4. The molecule has 0 saturated carbocycles. The van der Waals surface area contributed by atoms with Gasteiger partial charge in [-0.15, -0.1) is 0 Å². The van der Waals surface area contributed by atoms with Crippen LogP contribution >= 0.6 is 12.6 Å². The average Bonchev–Trinajstić information content (AvgIpc) is 2.75. The Morgan fingerprint density at radius 2 is 1.81 bits per heavy atom. The van der Waals surface area contributed by atoms with Crippen molar-refractivity contribution in [2.24, 2.45) is 0 Å². The van der Waals surface area contributed by atoms with Gasteiger partial charge in [-0.05, 0) is 36.5 Å². The van der Waals surface area contributed by atoms with Gasteiger partial charge in [0, 0.05) is 18.2 Å². The zero-order chi connectivity index (χ0) is 19.1. The van der Waals surface area contributed by atoms with Crippen LogP contribution < -0.4 is 10.1 Å². The van der Waals surface area contributed by atoms with E-state index in [9.17, 15) is 9.59 Å². The number of hydrogen-bond donors (Lipinski definition) is 2. The van der Waals surface area contributed by atoms with Gasteiger partial charge in [0.05, 0.1) is 12.3 Å². The third-order valence-electron chi connectivity index (χ3n) is 4.03. The molecule has 0 spiro atoms. The summed E-state index contributed by atoms with van der Waals surface area (Å²) in [5.74, 6) is 0.724. The second-order valence-corrected chi connectivity index (χ2v) is 6.30. The minimum Gasteiger partial charge on any atom is -0.434 e. The lowest BCUT2D eigenvalue weighted by molar-refractivity contribution is -0.114. The lowest BCUT2D eigenvalue weighted by atomic mass is 10.0. The SMILES string of the molecule is CCCCc1c2ccc(CS)ccc-2c(OC(=O)OCC)c1NC(C)=O. The summed E-state index contributed by atoms with van der Waals surface area (Å²) >= 11 is 4.33. The fourth-order valence-electron chi connectivity index (χ4n) is 2.85. The maximum absolute atomic E-state index is 11.9. The topological polar surface area (TPSA) is 64.6 Å². The van der Waals surface area contributed by atoms with Crippen LogP contribution in [0.5, 0.6) is 5.75 Å². The van der Waals surface area contributed by atoms with E-state index in [1.54, 1.807) is 6.92 Å². The normalized spacial score (nSPS) is 10.6. The molecule has 0 aromatic carbocycles. The third kappa shape index (κ3) is 4.69. The number of anilines is 1. The molecule has 0 unspecified atom stereocenters. The molecular weight excluding hydrogens is 350 g/mol. The fourth-order valence-corrected chi connectivity index (χ4v) is 3.06. The summed E-state index contributed by atoms with van der Waals surface area (Å²) in [6, 6.07) is 7.83. The van der Waals surface area contributed by atoms with E-state index in [0.717, 1.165) is 41.5 Å². The van der Waals surface area contributed by atoms with E-state index in [4.69, 9.17) is 9.47 Å². The minimum absolute atomic E-state index is 0.215. The Bertz CT molecular complexity index is 760. The summed E-state index contributed by atoms with van der Waals surface area (Å²) in [6.45, 7) is 5.48. The number of rotatable bonds is 7. The van der Waals surface area contributed by atoms with Crippen LogP contribution in [0.2, 0.25) is 0 Å². The first-order valence-corrected chi connectivity index (χ1v) is 9.45. The van der Waals surface area contributed by atoms with Crippen LogP contribution in [0.25, 0.3) is 11.1 Å². The number of nitrogens with one attached hydrogen (secondary N) is 1. The van der Waals surface area contributed by atoms with Crippen molar-refractivity contribution in [1.82, 2.24) is 0 Å². The highest BCUT2D eigenvalue weighted by atomic mass is 32.1. The Kier molecular flexibility index (Phi) is 7.33. The van der Waals surface area contributed by atoms with Crippen LogP contribution in [-0.4, -0.2) is 18.7 Å². The van der Waals surface area contributed by atoms with Crippen molar-refractivity contribution in [3.63, 3.8) is 0 Å². The van der Waals surface area contributed by atoms with E-state index in [1.165, 1.54) is 6.92 Å². The summed E-state index contributed by atoms with van der Waals surface area (Å²) in [6.07, 6.45) is 1.97. The number of carbonyl (C=O) groups is 2. The first kappa shape index (κ1) is 20.1. The molecule has 26 heavy (non-hydrogen) atoms. The maximum Gasteiger partial charge on any atom is 0.513 e. The number of carbonyl (C=O) groups excluding carboxylic acids is 2. The van der Waals surface area contributed by atoms with Crippen molar-refractivity contribution in [3.8, 4) is 16.9 Å². The summed E-state index contributed by atoms with van der Waals surface area (Å²) in [7, 11) is 0. The molecule has 0 fully saturated rings. The summed E-state index contributed by atoms with van der Waals surface area (Å²) in [5, 5.41) is 2.84. The van der Waals surface area contributed by atoms with Gasteiger partial charge in [-0.2, -0.15) is 12.6 Å². The average molecular weight is 375 g/mol. The zero-order valence-corrected chi connectivity index (χ0v) is 16.3. The van der Waals surface area contributed by atoms with Crippen LogP contribution in [0.4, 0.5) is 10.5 Å². The smallest absolute Gasteiger partial charge is 0.434 e. The predicted octanol–water partition coefficient (Wildman–Crippen LogP) is 5.06. The highest BCUT2D eigenvalue weighted by Crippen LogP contribution is 2.47. The second-order valence-electron chi connectivity index (χ2n) is 5.98. The van der Waals surface area contributed by atoms with E-state index < -0.39 is 6.16 Å². The van der Waals surface area contributed by atoms with Crippen molar-refractivity contribution < 1.29 is 19.1 Å². The molecule has 2 rings (SSSR count). The third-order valence-corrected chi connectivity index (χ3v) is 4.39. The molecule has 0 aromatic rings. The molecule has 0 saturated heterocycles. The Morgan fingerprint density at radius 3 is 2.38 bits per heavy atom. The minimum atomic E-state index is -0.783. The van der Waals surface area contributed by atoms with E-state index >= 15 is 0 Å². The van der Waals surface area contributed by atoms with Gasteiger partial charge in [0.2, 0.25) is 5.91 Å². The summed E-state index contributed by atoms with van der Waals surface area (Å²) in [4.78, 5) is 23.7. The number of fused-ring (bicyclic) bond motifs is 1. The Balaban J connectivity index is 2.65. The van der Waals surface area contributed by atoms with Gasteiger partial charge in [-0.25, -0.2) is 4.79 Å². The highest BCUT2D eigenvalue weighted by Gasteiger charge is 2.26. The molecule has 6 heteroatoms. The van der Waals surface area contributed by atoms with Crippen LogP contribution in [0, 0.1) is 0 Å². The molecule has 140 valence electrons. The maximum atomic E-state index is 11.9. The molecule has 0 atom stereocenters. The lowest BCUT2D eigenvalue weighted by Crippen LogP contribution is -2.13. The molecule has 1 amide bonds. The van der Waals surface area contributed by atoms with Crippen molar-refractivity contribution >= 4 is 30.4 Å². The highest BCUT2D eigenvalue weighted by molar-refractivity contribution is 7.79. The zero-order valence-electron chi connectivity index (χ0n) is 15.4. The molecule has 0 heterocycles. The number of thiol groups is 1. The monoisotopic (exact) mass is 375 g/mol. The molecular formula is C20H25NO4S. The van der Waals surface area contributed by atoms with E-state index in [0.29, 0.717) is 17.2 Å². The van der Waals surface area contributed by atoms with Gasteiger partial charge in [-0.1, -0.05) is 37.6 Å². The van der Waals surface area contributed by atoms with E-state index in [-0.39, 0.29) is 12.5 Å². The molecule has 1 N–H and O–H groups in total. The largest absolute Gasteiger partial charge is 0.513 e. The number of amides is 1. The van der Waals surface area contributed by atoms with Crippen LogP contribution in [0.15, 0.2) is 24.3 Å². The number of ether oxygens (including phenoxy) is 2. The Hall–Kier alpha value is -2.21. The van der Waals surface area contributed by atoms with Gasteiger partial charge >= 0.3 is 6.16 Å². The van der Waals surface area contributed by atoms with Gasteiger partial charge in [-0.3, -0.25) is 4.79 Å². The van der Waals surface area contributed by atoms with Gasteiger partial charge in [0.1, 0.15) is 0 Å². The van der Waals surface area contributed by atoms with Crippen LogP contribution in [0.3, 0.4) is 0 Å². The molecule has 0 bridgehead atoms. The quantitative estimate of drug-likeness (QED) is 0.524. The van der Waals surface area contributed by atoms with Crippen molar-refractivity contribution in [2.45, 2.75) is 45.8 Å². The predicted molar refractivity (Wildman–Crippen MR) is 106 cm³/mol. The lowest BCUT2D eigenvalue weighted by Gasteiger charge is -2.09. The van der Waals surface area contributed by atoms with Crippen LogP contribution in [-0.2, 0) is 21.7 Å². The standard InChI is InChI=1S/C20H25NO4S/c1-4-6-7-16-15-10-8-14(12-26)9-11-17(15)19(18(16)21-13(3)22)25-20(23)24-5-2/h8-11,26H,4-7,12H2,1-3H3,(H,21,22). The van der Waals surface area contributed by atoms with Crippen molar-refractivity contribution in [2.75, 3.05) is 11.9 Å². The van der Waals surface area contributed by atoms with E-state index in [1.807, 2.05) is 24.3 Å². The van der Waals surface area contributed by atoms with Gasteiger partial charge in [0.25, 0.3) is 0 Å².